The van der Waals surface area contributed by atoms with E-state index in [4.69, 9.17) is 0 Å². The molecule has 0 radical (unpaired) electrons. The molecule has 2 rings (SSSR count). The van der Waals surface area contributed by atoms with Crippen molar-refractivity contribution in [3.63, 3.8) is 0 Å². The topological polar surface area (TPSA) is 66.5 Å². The van der Waals surface area contributed by atoms with E-state index in [2.05, 4.69) is 11.9 Å². The third-order valence-corrected chi connectivity index (χ3v) is 6.14. The van der Waals surface area contributed by atoms with E-state index in [1.807, 2.05) is 6.92 Å². The third kappa shape index (κ3) is 4.00. The van der Waals surface area contributed by atoms with E-state index in [1.165, 1.54) is 12.1 Å². The number of carbonyl (C=O) groups excluding carboxylic acids is 1. The summed E-state index contributed by atoms with van der Waals surface area (Å²) in [5.74, 6) is -0.238. The first-order valence-electron chi connectivity index (χ1n) is 8.01. The number of benzene rings is 1. The number of carbonyl (C=O) groups is 1. The van der Waals surface area contributed by atoms with E-state index in [0.29, 0.717) is 18.7 Å². The second-order valence-electron chi connectivity index (χ2n) is 5.70. The molecular formula is C17H24N2O3S. The van der Waals surface area contributed by atoms with Gasteiger partial charge < -0.3 is 5.32 Å². The average molecular weight is 336 g/mol. The summed E-state index contributed by atoms with van der Waals surface area (Å²) in [5, 5.41) is 2.67. The summed E-state index contributed by atoms with van der Waals surface area (Å²) in [4.78, 5) is 12.1. The third-order valence-electron chi connectivity index (χ3n) is 4.17. The molecule has 0 aliphatic carbocycles. The Balaban J connectivity index is 2.20. The molecule has 0 bridgehead atoms. The van der Waals surface area contributed by atoms with Gasteiger partial charge >= 0.3 is 0 Å². The van der Waals surface area contributed by atoms with Crippen LogP contribution in [0.15, 0.2) is 41.8 Å². The lowest BCUT2D eigenvalue weighted by Gasteiger charge is -2.34. The molecule has 1 fully saturated rings. The van der Waals surface area contributed by atoms with Gasteiger partial charge in [0.2, 0.25) is 10.0 Å². The quantitative estimate of drug-likeness (QED) is 0.812. The molecule has 5 nitrogen and oxygen atoms in total. The van der Waals surface area contributed by atoms with Gasteiger partial charge in [-0.2, -0.15) is 4.31 Å². The van der Waals surface area contributed by atoms with Crippen LogP contribution in [0, 0.1) is 0 Å². The molecule has 6 heteroatoms. The number of hydrogen-bond donors (Lipinski definition) is 1. The highest BCUT2D eigenvalue weighted by Crippen LogP contribution is 2.27. The largest absolute Gasteiger partial charge is 0.349 e. The molecule has 1 heterocycles. The fourth-order valence-corrected chi connectivity index (χ4v) is 4.65. The van der Waals surface area contributed by atoms with Crippen molar-refractivity contribution in [2.75, 3.05) is 13.1 Å². The van der Waals surface area contributed by atoms with E-state index in [0.717, 1.165) is 25.7 Å². The molecule has 1 amide bonds. The van der Waals surface area contributed by atoms with E-state index < -0.39 is 10.0 Å². The van der Waals surface area contributed by atoms with Gasteiger partial charge in [0.15, 0.2) is 0 Å². The van der Waals surface area contributed by atoms with Gasteiger partial charge in [-0.05, 0) is 43.5 Å². The van der Waals surface area contributed by atoms with E-state index in [-0.39, 0.29) is 16.8 Å². The summed E-state index contributed by atoms with van der Waals surface area (Å²) >= 11 is 0. The molecule has 23 heavy (non-hydrogen) atoms. The van der Waals surface area contributed by atoms with Crippen molar-refractivity contribution in [1.29, 1.82) is 0 Å². The maximum Gasteiger partial charge on any atom is 0.251 e. The minimum atomic E-state index is -3.50. The molecule has 0 aromatic heterocycles. The summed E-state index contributed by atoms with van der Waals surface area (Å²) < 4.78 is 27.3. The molecule has 0 saturated carbocycles. The zero-order valence-electron chi connectivity index (χ0n) is 13.5. The first-order valence-corrected chi connectivity index (χ1v) is 9.45. The predicted molar refractivity (Wildman–Crippen MR) is 90.8 cm³/mol. The van der Waals surface area contributed by atoms with Crippen LogP contribution < -0.4 is 5.32 Å². The fraction of sp³-hybridized carbons (Fsp3) is 0.471. The fourth-order valence-electron chi connectivity index (χ4n) is 2.88. The van der Waals surface area contributed by atoms with Crippen LogP contribution in [0.3, 0.4) is 0 Å². The summed E-state index contributed by atoms with van der Waals surface area (Å²) in [6.07, 6.45) is 5.31. The van der Waals surface area contributed by atoms with Crippen molar-refractivity contribution in [3.8, 4) is 0 Å². The SMILES string of the molecule is C=CCNC(=O)c1ccc(S(=O)(=O)N2CCCCC2CC)cc1. The van der Waals surface area contributed by atoms with Gasteiger partial charge in [-0.3, -0.25) is 4.79 Å². The van der Waals surface area contributed by atoms with Gasteiger partial charge in [0.25, 0.3) is 5.91 Å². The molecule has 1 aliphatic rings. The highest BCUT2D eigenvalue weighted by atomic mass is 32.2. The Morgan fingerprint density at radius 2 is 2.04 bits per heavy atom. The Hall–Kier alpha value is -1.66. The summed E-state index contributed by atoms with van der Waals surface area (Å²) in [6, 6.07) is 6.20. The predicted octanol–water partition coefficient (Wildman–Crippen LogP) is 2.56. The van der Waals surface area contributed by atoms with Crippen molar-refractivity contribution in [1.82, 2.24) is 9.62 Å². The zero-order chi connectivity index (χ0) is 16.9. The molecule has 1 atom stereocenters. The molecule has 1 aromatic rings. The first-order chi connectivity index (χ1) is 11.0. The molecule has 1 aliphatic heterocycles. The van der Waals surface area contributed by atoms with Gasteiger partial charge in [0.1, 0.15) is 0 Å². The Morgan fingerprint density at radius 1 is 1.35 bits per heavy atom. The van der Waals surface area contributed by atoms with Gasteiger partial charge in [-0.15, -0.1) is 6.58 Å². The summed E-state index contributed by atoms with van der Waals surface area (Å²) in [7, 11) is -3.50. The molecule has 126 valence electrons. The molecule has 1 saturated heterocycles. The second-order valence-corrected chi connectivity index (χ2v) is 7.59. The molecule has 0 spiro atoms. The Labute approximate surface area is 138 Å². The van der Waals surface area contributed by atoms with Crippen LogP contribution in [0.25, 0.3) is 0 Å². The number of sulfonamides is 1. The molecule has 1 unspecified atom stereocenters. The van der Waals surface area contributed by atoms with Crippen molar-refractivity contribution in [3.05, 3.63) is 42.5 Å². The van der Waals surface area contributed by atoms with Crippen LogP contribution in [-0.4, -0.2) is 37.8 Å². The number of nitrogens with zero attached hydrogens (tertiary/aromatic N) is 1. The number of amides is 1. The molecule has 1 N–H and O–H groups in total. The number of rotatable bonds is 6. The van der Waals surface area contributed by atoms with E-state index in [1.54, 1.807) is 22.5 Å². The highest BCUT2D eigenvalue weighted by Gasteiger charge is 2.32. The van der Waals surface area contributed by atoms with Crippen LogP contribution in [-0.2, 0) is 10.0 Å². The second kappa shape index (κ2) is 7.75. The average Bonchev–Trinajstić information content (AvgIpc) is 2.59. The number of piperidine rings is 1. The van der Waals surface area contributed by atoms with Gasteiger partial charge in [0.05, 0.1) is 4.90 Å². The van der Waals surface area contributed by atoms with Crippen LogP contribution in [0.5, 0.6) is 0 Å². The monoisotopic (exact) mass is 336 g/mol. The van der Waals surface area contributed by atoms with Crippen molar-refractivity contribution in [2.24, 2.45) is 0 Å². The van der Waals surface area contributed by atoms with E-state index >= 15 is 0 Å². The summed E-state index contributed by atoms with van der Waals surface area (Å²) in [6.45, 7) is 6.51. The number of hydrogen-bond acceptors (Lipinski definition) is 3. The number of nitrogens with one attached hydrogen (secondary N) is 1. The van der Waals surface area contributed by atoms with Crippen LogP contribution in [0.1, 0.15) is 43.0 Å². The highest BCUT2D eigenvalue weighted by molar-refractivity contribution is 7.89. The van der Waals surface area contributed by atoms with Crippen molar-refractivity contribution >= 4 is 15.9 Å². The Kier molecular flexibility index (Phi) is 5.96. The smallest absolute Gasteiger partial charge is 0.251 e. The van der Waals surface area contributed by atoms with Crippen LogP contribution >= 0.6 is 0 Å². The van der Waals surface area contributed by atoms with E-state index in [9.17, 15) is 13.2 Å². The first kappa shape index (κ1) is 17.7. The lowest BCUT2D eigenvalue weighted by atomic mass is 10.0. The van der Waals surface area contributed by atoms with Gasteiger partial charge in [-0.1, -0.05) is 19.4 Å². The van der Waals surface area contributed by atoms with Crippen LogP contribution in [0.2, 0.25) is 0 Å². The van der Waals surface area contributed by atoms with Crippen LogP contribution in [0.4, 0.5) is 0 Å². The maximum absolute atomic E-state index is 12.8. The normalized spacial score (nSPS) is 19.3. The van der Waals surface area contributed by atoms with Crippen molar-refractivity contribution in [2.45, 2.75) is 43.5 Å². The van der Waals surface area contributed by atoms with Gasteiger partial charge in [0, 0.05) is 24.7 Å². The lowest BCUT2D eigenvalue weighted by molar-refractivity contribution is 0.0958. The minimum Gasteiger partial charge on any atom is -0.349 e. The summed E-state index contributed by atoms with van der Waals surface area (Å²) in [5.41, 5.74) is 0.441. The Morgan fingerprint density at radius 3 is 2.65 bits per heavy atom. The standard InChI is InChI=1S/C17H24N2O3S/c1-3-12-18-17(20)14-8-10-16(11-9-14)23(21,22)19-13-6-5-7-15(19)4-2/h3,8-11,15H,1,4-7,12-13H2,2H3,(H,18,20). The Bertz CT molecular complexity index is 653. The maximum atomic E-state index is 12.8. The lowest BCUT2D eigenvalue weighted by Crippen LogP contribution is -2.43. The minimum absolute atomic E-state index is 0.0734. The van der Waals surface area contributed by atoms with Gasteiger partial charge in [-0.25, -0.2) is 8.42 Å². The molecule has 1 aromatic carbocycles. The van der Waals surface area contributed by atoms with Crippen molar-refractivity contribution < 1.29 is 13.2 Å². The molecular weight excluding hydrogens is 312 g/mol. The zero-order valence-corrected chi connectivity index (χ0v) is 14.3.